The number of para-hydroxylation sites is 1. The van der Waals surface area contributed by atoms with Crippen LogP contribution in [0.2, 0.25) is 0 Å². The summed E-state index contributed by atoms with van der Waals surface area (Å²) in [6, 6.07) is 25.2. The smallest absolute Gasteiger partial charge is 0.488 e. The number of ketones is 1. The summed E-state index contributed by atoms with van der Waals surface area (Å²) in [5, 5.41) is 11.3. The number of nitrogens with zero attached hydrogens (tertiary/aromatic N) is 2. The van der Waals surface area contributed by atoms with Crippen molar-refractivity contribution in [2.45, 2.75) is 118 Å². The van der Waals surface area contributed by atoms with Crippen LogP contribution in [-0.4, -0.2) is 29.1 Å². The van der Waals surface area contributed by atoms with Crippen molar-refractivity contribution >= 4 is 51.6 Å². The fourth-order valence-electron chi connectivity index (χ4n) is 10.8. The number of hydrogen-bond donors (Lipinski definition) is 0. The van der Waals surface area contributed by atoms with Crippen LogP contribution in [0.4, 0.5) is 0 Å². The lowest BCUT2D eigenvalue weighted by atomic mass is 9.51. The van der Waals surface area contributed by atoms with Crippen molar-refractivity contribution in [3.63, 3.8) is 0 Å². The van der Waals surface area contributed by atoms with E-state index < -0.39 is 23.7 Å². The lowest BCUT2D eigenvalue weighted by Crippen LogP contribution is -2.51. The Hall–Kier alpha value is -4.03. The Balaban J connectivity index is 1.22. The van der Waals surface area contributed by atoms with E-state index in [1.165, 1.54) is 16.9 Å². The molecule has 296 valence electrons. The van der Waals surface area contributed by atoms with Gasteiger partial charge in [-0.1, -0.05) is 88.7 Å². The van der Waals surface area contributed by atoms with Gasteiger partial charge in [0.15, 0.2) is 0 Å². The molecule has 2 bridgehead atoms. The normalized spacial score (nSPS) is 28.9. The molecule has 8 heteroatoms. The average Bonchev–Trinajstić information content (AvgIpc) is 3.81. The minimum atomic E-state index is -0.485. The molecule has 1 saturated heterocycles. The van der Waals surface area contributed by atoms with Gasteiger partial charge >= 0.3 is 7.12 Å². The third-order valence-corrected chi connectivity index (χ3v) is 16.2. The van der Waals surface area contributed by atoms with Gasteiger partial charge < -0.3 is 14.0 Å². The van der Waals surface area contributed by atoms with E-state index in [4.69, 9.17) is 19.0 Å². The largest absolute Gasteiger partial charge is 0.494 e. The van der Waals surface area contributed by atoms with E-state index in [1.54, 1.807) is 0 Å². The predicted octanol–water partition coefficient (Wildman–Crippen LogP) is 11.1. The van der Waals surface area contributed by atoms with Crippen molar-refractivity contribution in [3.8, 4) is 11.8 Å². The maximum absolute atomic E-state index is 15.0. The maximum Gasteiger partial charge on any atom is 0.494 e. The monoisotopic (exact) mass is 780 g/mol. The SMILES string of the molecule is CC1=CC(c2ccc(OCc3ccc(B4OC(C)(C)C(C)(C)O4)cc3)c(C=C(C#N)c3nc4ccccc4s3)c2)(C2C(=O)C3(C)CCC2C3(C)C)C(C(C)C)CC1. The quantitative estimate of drug-likeness (QED) is 0.0956. The highest BCUT2D eigenvalue weighted by Crippen LogP contribution is 2.71. The fourth-order valence-corrected chi connectivity index (χ4v) is 11.7. The van der Waals surface area contributed by atoms with E-state index >= 15 is 4.79 Å². The molecule has 8 rings (SSSR count). The number of fused-ring (bicyclic) bond motifs is 3. The zero-order valence-electron chi connectivity index (χ0n) is 35.4. The lowest BCUT2D eigenvalue weighted by Gasteiger charge is -2.51. The Morgan fingerprint density at radius 3 is 2.33 bits per heavy atom. The first-order chi connectivity index (χ1) is 26.9. The van der Waals surface area contributed by atoms with Gasteiger partial charge in [-0.05, 0) is 130 Å². The number of nitriles is 1. The van der Waals surface area contributed by atoms with E-state index in [1.807, 2.05) is 42.5 Å². The number of Topliss-reactive ketones (excluding diaryl/α,β-unsaturated/α-hetero) is 1. The molecule has 4 aromatic rings. The number of benzene rings is 3. The van der Waals surface area contributed by atoms with E-state index in [0.717, 1.165) is 58.1 Å². The molecule has 2 heterocycles. The first-order valence-corrected chi connectivity index (χ1v) is 21.7. The van der Waals surface area contributed by atoms with Gasteiger partial charge in [-0.25, -0.2) is 4.98 Å². The molecular formula is C49H57BN2O4S. The summed E-state index contributed by atoms with van der Waals surface area (Å²) in [6.07, 6.45) is 8.54. The van der Waals surface area contributed by atoms with Crippen LogP contribution in [0.5, 0.6) is 5.75 Å². The van der Waals surface area contributed by atoms with Crippen molar-refractivity contribution in [2.75, 3.05) is 0 Å². The molecule has 1 aromatic heterocycles. The van der Waals surface area contributed by atoms with Crippen LogP contribution < -0.4 is 10.2 Å². The van der Waals surface area contributed by atoms with Crippen LogP contribution in [0.1, 0.15) is 117 Å². The second-order valence-electron chi connectivity index (χ2n) is 19.4. The van der Waals surface area contributed by atoms with Gasteiger partial charge in [-0.3, -0.25) is 4.79 Å². The molecule has 1 aliphatic heterocycles. The third kappa shape index (κ3) is 6.35. The molecule has 3 fully saturated rings. The summed E-state index contributed by atoms with van der Waals surface area (Å²) < 4.78 is 20.3. The predicted molar refractivity (Wildman–Crippen MR) is 232 cm³/mol. The standard InChI is InChI=1S/C49H57BN2O4S/c1-30(2)37-21-15-31(3)27-49(37,42-38-23-24-48(10,43(42)53)45(38,4)5)35-18-22-40(33(26-35)25-34(28-51)44-52-39-13-11-12-14-41(39)57-44)54-29-32-16-19-36(20-17-32)50-55-46(6,7)47(8,9)56-50/h11-14,16-20,22,25-27,30,37-38,42H,15,21,23-24,29H2,1-10H3. The van der Waals surface area contributed by atoms with Crippen molar-refractivity contribution in [1.82, 2.24) is 4.98 Å². The van der Waals surface area contributed by atoms with Crippen LogP contribution in [-0.2, 0) is 26.1 Å². The van der Waals surface area contributed by atoms with E-state index in [2.05, 4.69) is 112 Å². The second kappa shape index (κ2) is 14.1. The molecule has 0 N–H and O–H groups in total. The summed E-state index contributed by atoms with van der Waals surface area (Å²) in [6.45, 7) is 22.4. The number of aromatic nitrogens is 1. The molecule has 5 atom stereocenters. The molecule has 0 radical (unpaired) electrons. The molecular weight excluding hydrogens is 723 g/mol. The molecule has 3 aromatic carbocycles. The van der Waals surface area contributed by atoms with Crippen molar-refractivity contribution in [3.05, 3.63) is 100 Å². The van der Waals surface area contributed by atoms with E-state index in [0.29, 0.717) is 34.6 Å². The molecule has 5 unspecified atom stereocenters. The topological polar surface area (TPSA) is 81.4 Å². The number of carbonyl (C=O) groups is 1. The Morgan fingerprint density at radius 2 is 1.70 bits per heavy atom. The highest BCUT2D eigenvalue weighted by atomic mass is 32.1. The van der Waals surface area contributed by atoms with E-state index in [9.17, 15) is 5.26 Å². The molecule has 6 nitrogen and oxygen atoms in total. The number of thiazole rings is 1. The van der Waals surface area contributed by atoms with Crippen molar-refractivity contribution < 1.29 is 18.8 Å². The molecule has 0 spiro atoms. The summed E-state index contributed by atoms with van der Waals surface area (Å²) in [5.74, 6) is 1.91. The molecule has 2 saturated carbocycles. The van der Waals surface area contributed by atoms with Gasteiger partial charge in [0, 0.05) is 22.3 Å². The van der Waals surface area contributed by atoms with Gasteiger partial charge in [0.2, 0.25) is 0 Å². The first-order valence-electron chi connectivity index (χ1n) is 20.8. The molecule has 0 amide bonds. The van der Waals surface area contributed by atoms with Gasteiger partial charge in [-0.2, -0.15) is 5.26 Å². The van der Waals surface area contributed by atoms with Crippen LogP contribution in [0, 0.1) is 45.8 Å². The van der Waals surface area contributed by atoms with E-state index in [-0.39, 0.29) is 28.6 Å². The minimum absolute atomic E-state index is 0.0902. The number of rotatable bonds is 9. The van der Waals surface area contributed by atoms with Gasteiger partial charge in [0.25, 0.3) is 0 Å². The lowest BCUT2D eigenvalue weighted by molar-refractivity contribution is -0.134. The Kier molecular flexibility index (Phi) is 9.82. The van der Waals surface area contributed by atoms with Crippen molar-refractivity contribution in [2.24, 2.45) is 34.5 Å². The Morgan fingerprint density at radius 1 is 1.00 bits per heavy atom. The fraction of sp³-hybridized carbons (Fsp3) is 0.490. The first kappa shape index (κ1) is 39.8. The number of hydrogen-bond acceptors (Lipinski definition) is 7. The molecule has 57 heavy (non-hydrogen) atoms. The Labute approximate surface area is 343 Å². The summed E-state index contributed by atoms with van der Waals surface area (Å²) >= 11 is 1.52. The summed E-state index contributed by atoms with van der Waals surface area (Å²) in [7, 11) is -0.434. The summed E-state index contributed by atoms with van der Waals surface area (Å²) in [5.41, 5.74) is 4.88. The third-order valence-electron chi connectivity index (χ3n) is 15.2. The van der Waals surface area contributed by atoms with Gasteiger partial charge in [-0.15, -0.1) is 11.3 Å². The highest BCUT2D eigenvalue weighted by Gasteiger charge is 2.71. The van der Waals surface area contributed by atoms with Crippen molar-refractivity contribution in [1.29, 1.82) is 5.26 Å². The zero-order valence-corrected chi connectivity index (χ0v) is 36.2. The van der Waals surface area contributed by atoms with Crippen LogP contribution in [0.15, 0.2) is 78.4 Å². The number of allylic oxidation sites excluding steroid dienone is 3. The summed E-state index contributed by atoms with van der Waals surface area (Å²) in [4.78, 5) is 19.9. The number of carbonyl (C=O) groups excluding carboxylic acids is 1. The average molecular weight is 781 g/mol. The Bertz CT molecular complexity index is 2280. The van der Waals surface area contributed by atoms with Gasteiger partial charge in [0.1, 0.15) is 29.2 Å². The maximum atomic E-state index is 15.0. The zero-order chi connectivity index (χ0) is 40.7. The molecule has 3 aliphatic carbocycles. The second-order valence-corrected chi connectivity index (χ2v) is 20.4. The molecule has 4 aliphatic rings. The highest BCUT2D eigenvalue weighted by molar-refractivity contribution is 7.19. The van der Waals surface area contributed by atoms with Crippen LogP contribution in [0.3, 0.4) is 0 Å². The van der Waals surface area contributed by atoms with Crippen LogP contribution >= 0.6 is 11.3 Å². The number of ether oxygens (including phenoxy) is 1. The minimum Gasteiger partial charge on any atom is -0.488 e. The van der Waals surface area contributed by atoms with Crippen LogP contribution in [0.25, 0.3) is 21.9 Å². The van der Waals surface area contributed by atoms with Gasteiger partial charge in [0.05, 0.1) is 27.0 Å².